The molecule has 0 aliphatic heterocycles. The maximum absolute atomic E-state index is 12.0. The topological polar surface area (TPSA) is 75.3 Å². The third-order valence-electron chi connectivity index (χ3n) is 2.82. The molecular weight excluding hydrogens is 276 g/mol. The summed E-state index contributed by atoms with van der Waals surface area (Å²) in [6.45, 7) is 0. The van der Waals surface area contributed by atoms with Crippen molar-refractivity contribution in [3.63, 3.8) is 0 Å². The lowest BCUT2D eigenvalue weighted by atomic mass is 10.1. The van der Waals surface area contributed by atoms with Gasteiger partial charge >= 0.3 is 0 Å². The van der Waals surface area contributed by atoms with Crippen molar-refractivity contribution >= 4 is 23.2 Å². The maximum Gasteiger partial charge on any atom is 0.241 e. The fraction of sp³-hybridized carbons (Fsp3) is 0.133. The number of aromatic hydroxyl groups is 1. The van der Waals surface area contributed by atoms with Gasteiger partial charge in [-0.2, -0.15) is 0 Å². The van der Waals surface area contributed by atoms with Crippen LogP contribution in [0.1, 0.15) is 5.56 Å². The summed E-state index contributed by atoms with van der Waals surface area (Å²) in [5, 5.41) is 12.5. The van der Waals surface area contributed by atoms with Crippen LogP contribution in [0.4, 0.5) is 5.69 Å². The van der Waals surface area contributed by atoms with E-state index in [0.717, 1.165) is 5.56 Å². The number of phenolic OH excluding ortho intramolecular Hbond substituents is 1. The summed E-state index contributed by atoms with van der Waals surface area (Å²) >= 11 is 5.85. The smallest absolute Gasteiger partial charge is 0.241 e. The van der Waals surface area contributed by atoms with Gasteiger partial charge in [-0.3, -0.25) is 4.79 Å². The molecule has 0 aliphatic carbocycles. The number of carbonyl (C=O) groups is 1. The molecule has 4 N–H and O–H groups in total. The van der Waals surface area contributed by atoms with E-state index in [4.69, 9.17) is 17.3 Å². The lowest BCUT2D eigenvalue weighted by Gasteiger charge is -2.12. The number of carbonyl (C=O) groups excluding carboxylic acids is 1. The van der Waals surface area contributed by atoms with Crippen molar-refractivity contribution in [3.8, 4) is 5.75 Å². The molecular formula is C15H15ClN2O2. The van der Waals surface area contributed by atoms with Gasteiger partial charge in [0.15, 0.2) is 0 Å². The Kier molecular flexibility index (Phi) is 4.61. The number of anilines is 1. The molecule has 2 aromatic rings. The standard InChI is InChI=1S/C15H15ClN2O2/c16-11-2-1-3-12(9-11)18-15(20)14(17)8-10-4-6-13(19)7-5-10/h1-7,9,14,19H,8,17H2,(H,18,20). The Morgan fingerprint density at radius 2 is 1.95 bits per heavy atom. The first-order valence-electron chi connectivity index (χ1n) is 6.14. The van der Waals surface area contributed by atoms with E-state index in [2.05, 4.69) is 5.32 Å². The Hall–Kier alpha value is -2.04. The predicted molar refractivity (Wildman–Crippen MR) is 79.9 cm³/mol. The number of hydrogen-bond donors (Lipinski definition) is 3. The van der Waals surface area contributed by atoms with E-state index in [-0.39, 0.29) is 11.7 Å². The molecule has 0 fully saturated rings. The average Bonchev–Trinajstić information content (AvgIpc) is 2.41. The largest absolute Gasteiger partial charge is 0.508 e. The van der Waals surface area contributed by atoms with Crippen LogP contribution < -0.4 is 11.1 Å². The molecule has 0 saturated heterocycles. The number of nitrogens with one attached hydrogen (secondary N) is 1. The summed E-state index contributed by atoms with van der Waals surface area (Å²) < 4.78 is 0. The molecule has 2 aromatic carbocycles. The van der Waals surface area contributed by atoms with Crippen LogP contribution in [0.25, 0.3) is 0 Å². The van der Waals surface area contributed by atoms with Gasteiger partial charge in [0.2, 0.25) is 5.91 Å². The molecule has 1 unspecified atom stereocenters. The monoisotopic (exact) mass is 290 g/mol. The summed E-state index contributed by atoms with van der Waals surface area (Å²) in [5.74, 6) is -0.0916. The Labute approximate surface area is 122 Å². The van der Waals surface area contributed by atoms with E-state index in [9.17, 15) is 9.90 Å². The molecule has 0 aliphatic rings. The zero-order chi connectivity index (χ0) is 14.5. The van der Waals surface area contributed by atoms with Crippen LogP contribution in [0.2, 0.25) is 5.02 Å². The van der Waals surface area contributed by atoms with Gasteiger partial charge in [-0.1, -0.05) is 29.8 Å². The normalized spacial score (nSPS) is 11.9. The third-order valence-corrected chi connectivity index (χ3v) is 3.06. The summed E-state index contributed by atoms with van der Waals surface area (Å²) in [4.78, 5) is 12.0. The van der Waals surface area contributed by atoms with Crippen molar-refractivity contribution in [1.29, 1.82) is 0 Å². The molecule has 4 nitrogen and oxygen atoms in total. The summed E-state index contributed by atoms with van der Waals surface area (Å²) in [6.07, 6.45) is 0.396. The minimum absolute atomic E-state index is 0.186. The second-order valence-electron chi connectivity index (χ2n) is 4.48. The molecule has 20 heavy (non-hydrogen) atoms. The van der Waals surface area contributed by atoms with Gasteiger partial charge in [0.05, 0.1) is 6.04 Å². The average molecular weight is 291 g/mol. The van der Waals surface area contributed by atoms with Crippen LogP contribution >= 0.6 is 11.6 Å². The number of halogens is 1. The number of hydrogen-bond acceptors (Lipinski definition) is 3. The van der Waals surface area contributed by atoms with Gasteiger partial charge in [-0.15, -0.1) is 0 Å². The highest BCUT2D eigenvalue weighted by atomic mass is 35.5. The third kappa shape index (κ3) is 3.98. The number of amides is 1. The lowest BCUT2D eigenvalue weighted by molar-refractivity contribution is -0.117. The number of rotatable bonds is 4. The van der Waals surface area contributed by atoms with E-state index in [1.165, 1.54) is 0 Å². The van der Waals surface area contributed by atoms with E-state index < -0.39 is 6.04 Å². The molecule has 2 rings (SSSR count). The van der Waals surface area contributed by atoms with Crippen LogP contribution in [-0.4, -0.2) is 17.1 Å². The summed E-state index contributed by atoms with van der Waals surface area (Å²) in [5.41, 5.74) is 7.37. The quantitative estimate of drug-likeness (QED) is 0.810. The number of nitrogens with two attached hydrogens (primary N) is 1. The Bertz CT molecular complexity index is 599. The van der Waals surface area contributed by atoms with Gasteiger partial charge in [0.1, 0.15) is 5.75 Å². The first-order valence-corrected chi connectivity index (χ1v) is 6.52. The van der Waals surface area contributed by atoms with E-state index >= 15 is 0 Å². The van der Waals surface area contributed by atoms with Crippen LogP contribution in [0.3, 0.4) is 0 Å². The van der Waals surface area contributed by atoms with Gasteiger partial charge in [-0.25, -0.2) is 0 Å². The van der Waals surface area contributed by atoms with E-state index in [1.54, 1.807) is 48.5 Å². The second kappa shape index (κ2) is 6.41. The maximum atomic E-state index is 12.0. The molecule has 0 aromatic heterocycles. The molecule has 0 saturated carbocycles. The van der Waals surface area contributed by atoms with Crippen LogP contribution in [0.5, 0.6) is 5.75 Å². The van der Waals surface area contributed by atoms with Crippen LogP contribution in [0.15, 0.2) is 48.5 Å². The minimum Gasteiger partial charge on any atom is -0.508 e. The Morgan fingerprint density at radius 3 is 2.60 bits per heavy atom. The Morgan fingerprint density at radius 1 is 1.25 bits per heavy atom. The molecule has 0 heterocycles. The van der Waals surface area contributed by atoms with Crippen molar-refractivity contribution in [3.05, 3.63) is 59.1 Å². The lowest BCUT2D eigenvalue weighted by Crippen LogP contribution is -2.37. The summed E-state index contributed by atoms with van der Waals surface area (Å²) in [6, 6.07) is 12.8. The molecule has 0 spiro atoms. The zero-order valence-corrected chi connectivity index (χ0v) is 11.5. The van der Waals surface area contributed by atoms with Gasteiger partial charge in [0.25, 0.3) is 0 Å². The molecule has 0 bridgehead atoms. The fourth-order valence-electron chi connectivity index (χ4n) is 1.78. The molecule has 1 amide bonds. The summed E-state index contributed by atoms with van der Waals surface area (Å²) in [7, 11) is 0. The van der Waals surface area contributed by atoms with Crippen molar-refractivity contribution in [2.24, 2.45) is 5.73 Å². The number of benzene rings is 2. The Balaban J connectivity index is 1.96. The molecule has 104 valence electrons. The zero-order valence-electron chi connectivity index (χ0n) is 10.7. The predicted octanol–water partition coefficient (Wildman–Crippen LogP) is 2.55. The van der Waals surface area contributed by atoms with Gasteiger partial charge < -0.3 is 16.2 Å². The van der Waals surface area contributed by atoms with Gasteiger partial charge in [-0.05, 0) is 42.3 Å². The minimum atomic E-state index is -0.668. The SMILES string of the molecule is NC(Cc1ccc(O)cc1)C(=O)Nc1cccc(Cl)c1. The second-order valence-corrected chi connectivity index (χ2v) is 4.91. The fourth-order valence-corrected chi connectivity index (χ4v) is 1.97. The molecule has 5 heteroatoms. The van der Waals surface area contributed by atoms with Crippen molar-refractivity contribution in [1.82, 2.24) is 0 Å². The van der Waals surface area contributed by atoms with Crippen molar-refractivity contribution in [2.75, 3.05) is 5.32 Å². The van der Waals surface area contributed by atoms with Crippen molar-refractivity contribution < 1.29 is 9.90 Å². The highest BCUT2D eigenvalue weighted by Crippen LogP contribution is 2.15. The highest BCUT2D eigenvalue weighted by Gasteiger charge is 2.14. The van der Waals surface area contributed by atoms with Crippen LogP contribution in [-0.2, 0) is 11.2 Å². The molecule has 1 atom stereocenters. The van der Waals surface area contributed by atoms with E-state index in [1.807, 2.05) is 0 Å². The highest BCUT2D eigenvalue weighted by molar-refractivity contribution is 6.30. The first kappa shape index (κ1) is 14.4. The van der Waals surface area contributed by atoms with E-state index in [0.29, 0.717) is 17.1 Å². The van der Waals surface area contributed by atoms with Crippen molar-refractivity contribution in [2.45, 2.75) is 12.5 Å². The molecule has 0 radical (unpaired) electrons. The first-order chi connectivity index (χ1) is 9.54. The van der Waals surface area contributed by atoms with Crippen LogP contribution in [0, 0.1) is 0 Å². The van der Waals surface area contributed by atoms with Gasteiger partial charge in [0, 0.05) is 10.7 Å². The number of phenols is 1.